The van der Waals surface area contributed by atoms with E-state index in [-0.39, 0.29) is 6.07 Å². The number of nitro groups is 2. The van der Waals surface area contributed by atoms with Crippen molar-refractivity contribution in [3.05, 3.63) is 44.3 Å². The molecular weight excluding hydrogens is 341 g/mol. The summed E-state index contributed by atoms with van der Waals surface area (Å²) in [6.45, 7) is 0. The summed E-state index contributed by atoms with van der Waals surface area (Å²) in [4.78, 5) is 44.8. The van der Waals surface area contributed by atoms with E-state index in [2.05, 4.69) is 0 Å². The van der Waals surface area contributed by atoms with Crippen LogP contribution in [-0.4, -0.2) is 26.8 Å². The van der Waals surface area contributed by atoms with E-state index < -0.39 is 62.1 Å². The molecule has 10 nitrogen and oxygen atoms in total. The summed E-state index contributed by atoms with van der Waals surface area (Å²) < 4.78 is 14.4. The summed E-state index contributed by atoms with van der Waals surface area (Å²) in [6.07, 6.45) is 3.98. The lowest BCUT2D eigenvalue weighted by molar-refractivity contribution is -0.395. The van der Waals surface area contributed by atoms with Crippen LogP contribution in [0.5, 0.6) is 5.75 Å². The molecule has 2 atom stereocenters. The number of hydrogen-bond acceptors (Lipinski definition) is 7. The average molecular weight is 351 g/mol. The van der Waals surface area contributed by atoms with Gasteiger partial charge in [-0.15, -0.1) is 0 Å². The van der Waals surface area contributed by atoms with Crippen molar-refractivity contribution in [1.82, 2.24) is 0 Å². The molecule has 1 heterocycles. The molecule has 1 aliphatic carbocycles. The van der Waals surface area contributed by atoms with Gasteiger partial charge in [-0.25, -0.2) is 9.29 Å². The van der Waals surface area contributed by atoms with Crippen molar-refractivity contribution >= 4 is 28.9 Å². The highest BCUT2D eigenvalue weighted by atomic mass is 19.1. The number of nitro benzene ring substituents is 2. The standard InChI is InChI=1S/C14H10FN3O7/c15-8-5-9(17(22)23)12(19)11(18(24)25)10(8)16-13(20)6-3-1-2-4-7(6)14(16)21/h1,3,5-7,19H,2,4H2. The first-order valence-corrected chi connectivity index (χ1v) is 7.14. The maximum atomic E-state index is 14.4. The van der Waals surface area contributed by atoms with Gasteiger partial charge in [-0.1, -0.05) is 12.2 Å². The second-order valence-corrected chi connectivity index (χ2v) is 5.59. The molecular formula is C14H10FN3O7. The molecule has 1 N–H and O–H groups in total. The zero-order chi connectivity index (χ0) is 18.5. The Bertz CT molecular complexity index is 866. The second-order valence-electron chi connectivity index (χ2n) is 5.59. The summed E-state index contributed by atoms with van der Waals surface area (Å²) in [5.41, 5.74) is -3.70. The minimum Gasteiger partial charge on any atom is -0.497 e. The molecule has 0 radical (unpaired) electrons. The van der Waals surface area contributed by atoms with E-state index in [0.717, 1.165) is 0 Å². The van der Waals surface area contributed by atoms with Gasteiger partial charge in [0.2, 0.25) is 11.8 Å². The van der Waals surface area contributed by atoms with Gasteiger partial charge in [-0.05, 0) is 12.8 Å². The van der Waals surface area contributed by atoms with Gasteiger partial charge in [0.1, 0.15) is 0 Å². The fraction of sp³-hybridized carbons (Fsp3) is 0.286. The van der Waals surface area contributed by atoms with Gasteiger partial charge < -0.3 is 5.11 Å². The Morgan fingerprint density at radius 1 is 1.20 bits per heavy atom. The van der Waals surface area contributed by atoms with E-state index in [0.29, 0.717) is 17.7 Å². The van der Waals surface area contributed by atoms with Crippen molar-refractivity contribution in [2.45, 2.75) is 12.8 Å². The number of fused-ring (bicyclic) bond motifs is 1. The second kappa shape index (κ2) is 5.61. The summed E-state index contributed by atoms with van der Waals surface area (Å²) in [6, 6.07) is 0.246. The fourth-order valence-electron chi connectivity index (χ4n) is 3.14. The maximum Gasteiger partial charge on any atom is 0.345 e. The molecule has 0 bridgehead atoms. The van der Waals surface area contributed by atoms with Crippen LogP contribution in [0.25, 0.3) is 0 Å². The number of benzene rings is 1. The van der Waals surface area contributed by atoms with Gasteiger partial charge >= 0.3 is 11.4 Å². The molecule has 2 aliphatic rings. The number of carbonyl (C=O) groups is 2. The van der Waals surface area contributed by atoms with Crippen molar-refractivity contribution < 1.29 is 28.9 Å². The van der Waals surface area contributed by atoms with Gasteiger partial charge in [-0.3, -0.25) is 29.8 Å². The third kappa shape index (κ3) is 2.31. The van der Waals surface area contributed by atoms with E-state index in [1.165, 1.54) is 6.08 Å². The Balaban J connectivity index is 2.24. The lowest BCUT2D eigenvalue weighted by atomic mass is 9.86. The third-order valence-electron chi connectivity index (χ3n) is 4.25. The van der Waals surface area contributed by atoms with Crippen LogP contribution in [0.2, 0.25) is 0 Å². The number of phenols is 1. The van der Waals surface area contributed by atoms with Gasteiger partial charge in [0.25, 0.3) is 5.75 Å². The SMILES string of the molecule is O=C1C2C=CCCC2C(=O)N1c1c(F)cc([N+](=O)[O-])c(O)c1[N+](=O)[O-]. The molecule has 1 aromatic rings. The molecule has 2 amide bonds. The monoisotopic (exact) mass is 351 g/mol. The summed E-state index contributed by atoms with van der Waals surface area (Å²) in [7, 11) is 0. The van der Waals surface area contributed by atoms with Crippen LogP contribution >= 0.6 is 0 Å². The fourth-order valence-corrected chi connectivity index (χ4v) is 3.14. The van der Waals surface area contributed by atoms with Crippen molar-refractivity contribution in [1.29, 1.82) is 0 Å². The van der Waals surface area contributed by atoms with Crippen LogP contribution in [0.15, 0.2) is 18.2 Å². The normalized spacial score (nSPS) is 22.2. The van der Waals surface area contributed by atoms with Gasteiger partial charge in [-0.2, -0.15) is 0 Å². The topological polar surface area (TPSA) is 144 Å². The molecule has 130 valence electrons. The number of hydrogen-bond donors (Lipinski definition) is 1. The maximum absolute atomic E-state index is 14.4. The van der Waals surface area contributed by atoms with Crippen LogP contribution in [0, 0.1) is 37.9 Å². The number of nitrogens with zero attached hydrogens (tertiary/aromatic N) is 3. The van der Waals surface area contributed by atoms with Crippen molar-refractivity contribution in [3.8, 4) is 5.75 Å². The number of rotatable bonds is 3. The third-order valence-corrected chi connectivity index (χ3v) is 4.25. The average Bonchev–Trinajstić information content (AvgIpc) is 2.80. The largest absolute Gasteiger partial charge is 0.497 e. The zero-order valence-corrected chi connectivity index (χ0v) is 12.4. The van der Waals surface area contributed by atoms with Crippen LogP contribution < -0.4 is 4.90 Å². The summed E-state index contributed by atoms with van der Waals surface area (Å²) in [5, 5.41) is 31.9. The summed E-state index contributed by atoms with van der Waals surface area (Å²) in [5.74, 6) is -6.31. The molecule has 3 rings (SSSR count). The molecule has 2 unspecified atom stereocenters. The minimum absolute atomic E-state index is 0.246. The van der Waals surface area contributed by atoms with Gasteiger partial charge in [0.15, 0.2) is 11.5 Å². The van der Waals surface area contributed by atoms with Crippen LogP contribution in [0.1, 0.15) is 12.8 Å². The zero-order valence-electron chi connectivity index (χ0n) is 12.4. The van der Waals surface area contributed by atoms with Crippen molar-refractivity contribution in [2.24, 2.45) is 11.8 Å². The highest BCUT2D eigenvalue weighted by Gasteiger charge is 2.51. The minimum atomic E-state index is -1.51. The van der Waals surface area contributed by atoms with E-state index >= 15 is 0 Å². The van der Waals surface area contributed by atoms with Crippen molar-refractivity contribution in [2.75, 3.05) is 4.90 Å². The molecule has 0 saturated carbocycles. The smallest absolute Gasteiger partial charge is 0.345 e. The Labute approximate surface area is 138 Å². The predicted octanol–water partition coefficient (Wildman–Crippen LogP) is 1.80. The molecule has 1 saturated heterocycles. The highest BCUT2D eigenvalue weighted by Crippen LogP contribution is 2.48. The molecule has 1 aromatic carbocycles. The number of allylic oxidation sites excluding steroid dienone is 1. The highest BCUT2D eigenvalue weighted by molar-refractivity contribution is 6.24. The first-order chi connectivity index (χ1) is 11.8. The number of anilines is 1. The molecule has 0 aromatic heterocycles. The summed E-state index contributed by atoms with van der Waals surface area (Å²) >= 11 is 0. The Morgan fingerprint density at radius 3 is 2.44 bits per heavy atom. The quantitative estimate of drug-likeness (QED) is 0.378. The lowest BCUT2D eigenvalue weighted by Crippen LogP contribution is -2.32. The van der Waals surface area contributed by atoms with E-state index in [9.17, 15) is 39.3 Å². The first kappa shape index (κ1) is 16.5. The lowest BCUT2D eigenvalue weighted by Gasteiger charge is -2.16. The number of amides is 2. The van der Waals surface area contributed by atoms with Gasteiger partial charge in [0, 0.05) is 0 Å². The predicted molar refractivity (Wildman–Crippen MR) is 79.2 cm³/mol. The molecule has 1 fully saturated rings. The number of aromatic hydroxyl groups is 1. The van der Waals surface area contributed by atoms with Crippen LogP contribution in [0.3, 0.4) is 0 Å². The first-order valence-electron chi connectivity index (χ1n) is 7.14. The molecule has 25 heavy (non-hydrogen) atoms. The van der Waals surface area contributed by atoms with Crippen molar-refractivity contribution in [3.63, 3.8) is 0 Å². The number of carbonyl (C=O) groups excluding carboxylic acids is 2. The van der Waals surface area contributed by atoms with E-state index in [4.69, 9.17) is 0 Å². The van der Waals surface area contributed by atoms with Crippen LogP contribution in [0.4, 0.5) is 21.5 Å². The molecule has 0 spiro atoms. The number of phenolic OH excluding ortho intramolecular Hbond substituents is 1. The van der Waals surface area contributed by atoms with Gasteiger partial charge in [0.05, 0.1) is 27.7 Å². The number of halogens is 1. The van der Waals surface area contributed by atoms with Crippen LogP contribution in [-0.2, 0) is 9.59 Å². The Kier molecular flexibility index (Phi) is 3.70. The number of imide groups is 1. The Morgan fingerprint density at radius 2 is 1.88 bits per heavy atom. The van der Waals surface area contributed by atoms with E-state index in [1.807, 2.05) is 0 Å². The molecule has 11 heteroatoms. The Hall–Kier alpha value is -3.37. The molecule has 1 aliphatic heterocycles. The van der Waals surface area contributed by atoms with E-state index in [1.54, 1.807) is 6.08 Å².